The van der Waals surface area contributed by atoms with Crippen LogP contribution in [-0.2, 0) is 16.0 Å². The second kappa shape index (κ2) is 9.58. The van der Waals surface area contributed by atoms with Gasteiger partial charge in [0.05, 0.1) is 5.75 Å². The van der Waals surface area contributed by atoms with Crippen LogP contribution in [0.2, 0.25) is 0 Å². The highest BCUT2D eigenvalue weighted by atomic mass is 35.5. The van der Waals surface area contributed by atoms with Crippen molar-refractivity contribution in [3.8, 4) is 0 Å². The molecule has 1 aliphatic rings. The Morgan fingerprint density at radius 1 is 1.10 bits per heavy atom. The number of hydrogen-bond acceptors (Lipinski definition) is 3. The Morgan fingerprint density at radius 3 is 2.55 bits per heavy atom. The fourth-order valence-electron chi connectivity index (χ4n) is 3.59. The molecule has 31 heavy (non-hydrogen) atoms. The molecule has 1 N–H and O–H groups in total. The van der Waals surface area contributed by atoms with Crippen LogP contribution in [0.15, 0.2) is 78.9 Å². The van der Waals surface area contributed by atoms with Gasteiger partial charge in [-0.25, -0.2) is 0 Å². The molecule has 4 rings (SSSR count). The van der Waals surface area contributed by atoms with Crippen LogP contribution in [0.3, 0.4) is 0 Å². The minimum Gasteiger partial charge on any atom is -0.325 e. The van der Waals surface area contributed by atoms with Crippen LogP contribution in [0.4, 0.5) is 11.4 Å². The molecule has 0 aromatic heterocycles. The van der Waals surface area contributed by atoms with Crippen molar-refractivity contribution in [1.29, 1.82) is 0 Å². The number of aryl methyl sites for hydroxylation is 1. The van der Waals surface area contributed by atoms with Crippen LogP contribution < -0.4 is 10.2 Å². The zero-order chi connectivity index (χ0) is 21.8. The summed E-state index contributed by atoms with van der Waals surface area (Å²) < 4.78 is 0. The van der Waals surface area contributed by atoms with Crippen LogP contribution in [0.25, 0.3) is 0 Å². The van der Waals surface area contributed by atoms with Crippen molar-refractivity contribution < 1.29 is 9.59 Å². The van der Waals surface area contributed by atoms with E-state index in [2.05, 4.69) is 24.4 Å². The standard InChI is InChI=1S/C25H23ClN2O2S/c1-2-17-7-6-10-21(15-17)28-22(29)16-31-25(28)19-11-13-20(14-12-19)27-24(30)23(26)18-8-4-3-5-9-18/h3-15,23,25H,2,16H2,1H3,(H,27,30)/t23-,25-/m0/s1. The molecule has 1 aliphatic heterocycles. The van der Waals surface area contributed by atoms with Gasteiger partial charge in [0, 0.05) is 11.4 Å². The maximum atomic E-state index is 12.6. The number of nitrogens with zero attached hydrogens (tertiary/aromatic N) is 1. The molecule has 0 radical (unpaired) electrons. The van der Waals surface area contributed by atoms with E-state index >= 15 is 0 Å². The van der Waals surface area contributed by atoms with Gasteiger partial charge >= 0.3 is 0 Å². The smallest absolute Gasteiger partial charge is 0.246 e. The van der Waals surface area contributed by atoms with Gasteiger partial charge < -0.3 is 5.32 Å². The summed E-state index contributed by atoms with van der Waals surface area (Å²) in [5.41, 5.74) is 4.56. The normalized spacial score (nSPS) is 16.9. The second-order valence-electron chi connectivity index (χ2n) is 7.34. The molecule has 0 aliphatic carbocycles. The number of thioether (sulfide) groups is 1. The Labute approximate surface area is 191 Å². The number of nitrogens with one attached hydrogen (secondary N) is 1. The minimum atomic E-state index is -0.759. The van der Waals surface area contributed by atoms with E-state index in [-0.39, 0.29) is 17.2 Å². The van der Waals surface area contributed by atoms with Gasteiger partial charge in [-0.2, -0.15) is 0 Å². The van der Waals surface area contributed by atoms with Gasteiger partial charge in [0.25, 0.3) is 0 Å². The average Bonchev–Trinajstić information content (AvgIpc) is 3.21. The molecule has 1 heterocycles. The van der Waals surface area contributed by atoms with Crippen LogP contribution in [0.1, 0.15) is 34.4 Å². The molecule has 158 valence electrons. The van der Waals surface area contributed by atoms with E-state index in [9.17, 15) is 9.59 Å². The molecule has 0 bridgehead atoms. The Morgan fingerprint density at radius 2 is 1.84 bits per heavy atom. The molecule has 3 aromatic carbocycles. The number of rotatable bonds is 6. The minimum absolute atomic E-state index is 0.0885. The van der Waals surface area contributed by atoms with E-state index in [1.165, 1.54) is 5.56 Å². The lowest BCUT2D eigenvalue weighted by Crippen LogP contribution is -2.27. The zero-order valence-corrected chi connectivity index (χ0v) is 18.7. The van der Waals surface area contributed by atoms with Crippen molar-refractivity contribution in [2.75, 3.05) is 16.0 Å². The summed E-state index contributed by atoms with van der Waals surface area (Å²) in [6.45, 7) is 2.10. The van der Waals surface area contributed by atoms with Gasteiger partial charge in [0.15, 0.2) is 0 Å². The Kier molecular flexibility index (Phi) is 6.64. The number of hydrogen-bond donors (Lipinski definition) is 1. The monoisotopic (exact) mass is 450 g/mol. The Hall–Kier alpha value is -2.76. The number of amides is 2. The van der Waals surface area contributed by atoms with Crippen molar-refractivity contribution in [3.05, 3.63) is 95.6 Å². The molecule has 2 atom stereocenters. The van der Waals surface area contributed by atoms with Crippen molar-refractivity contribution in [2.24, 2.45) is 0 Å². The Bertz CT molecular complexity index is 1070. The van der Waals surface area contributed by atoms with E-state index in [1.54, 1.807) is 11.8 Å². The first-order chi connectivity index (χ1) is 15.1. The number of alkyl halides is 1. The lowest BCUT2D eigenvalue weighted by atomic mass is 10.1. The fraction of sp³-hybridized carbons (Fsp3) is 0.200. The van der Waals surface area contributed by atoms with Crippen LogP contribution in [0, 0.1) is 0 Å². The second-order valence-corrected chi connectivity index (χ2v) is 8.84. The molecule has 6 heteroatoms. The highest BCUT2D eigenvalue weighted by Gasteiger charge is 2.34. The molecule has 1 saturated heterocycles. The maximum absolute atomic E-state index is 12.6. The van der Waals surface area contributed by atoms with Crippen molar-refractivity contribution >= 4 is 46.6 Å². The first kappa shape index (κ1) is 21.5. The van der Waals surface area contributed by atoms with Gasteiger partial charge in [-0.05, 0) is 47.4 Å². The van der Waals surface area contributed by atoms with Gasteiger partial charge in [-0.15, -0.1) is 23.4 Å². The van der Waals surface area contributed by atoms with E-state index in [0.717, 1.165) is 23.2 Å². The number of carbonyl (C=O) groups excluding carboxylic acids is 2. The van der Waals surface area contributed by atoms with Gasteiger partial charge in [0.2, 0.25) is 11.8 Å². The van der Waals surface area contributed by atoms with Gasteiger partial charge in [0.1, 0.15) is 10.8 Å². The number of anilines is 2. The van der Waals surface area contributed by atoms with Crippen LogP contribution >= 0.6 is 23.4 Å². The molecule has 1 fully saturated rings. The molecule has 3 aromatic rings. The molecular weight excluding hydrogens is 428 g/mol. The zero-order valence-electron chi connectivity index (χ0n) is 17.1. The third-order valence-electron chi connectivity index (χ3n) is 5.25. The third kappa shape index (κ3) is 4.78. The van der Waals surface area contributed by atoms with Crippen molar-refractivity contribution in [3.63, 3.8) is 0 Å². The highest BCUT2D eigenvalue weighted by molar-refractivity contribution is 8.00. The van der Waals surface area contributed by atoms with Gasteiger partial charge in [-0.1, -0.05) is 61.5 Å². The van der Waals surface area contributed by atoms with Crippen LogP contribution in [-0.4, -0.2) is 17.6 Å². The van der Waals surface area contributed by atoms with E-state index in [4.69, 9.17) is 11.6 Å². The molecule has 2 amide bonds. The number of carbonyl (C=O) groups is 2. The molecule has 0 spiro atoms. The predicted molar refractivity (Wildman–Crippen MR) is 129 cm³/mol. The molecule has 4 nitrogen and oxygen atoms in total. The summed E-state index contributed by atoms with van der Waals surface area (Å²) in [7, 11) is 0. The quantitative estimate of drug-likeness (QED) is 0.472. The highest BCUT2D eigenvalue weighted by Crippen LogP contribution is 2.42. The van der Waals surface area contributed by atoms with Gasteiger partial charge in [-0.3, -0.25) is 14.5 Å². The van der Waals surface area contributed by atoms with Crippen molar-refractivity contribution in [1.82, 2.24) is 0 Å². The maximum Gasteiger partial charge on any atom is 0.246 e. The summed E-state index contributed by atoms with van der Waals surface area (Å²) >= 11 is 7.92. The lowest BCUT2D eigenvalue weighted by Gasteiger charge is -2.25. The van der Waals surface area contributed by atoms with E-state index in [1.807, 2.05) is 71.6 Å². The summed E-state index contributed by atoms with van der Waals surface area (Å²) in [6.07, 6.45) is 0.923. The SMILES string of the molecule is CCc1cccc(N2C(=O)CS[C@H]2c2ccc(NC(=O)[C@@H](Cl)c3ccccc3)cc2)c1. The summed E-state index contributed by atoms with van der Waals surface area (Å²) in [4.78, 5) is 27.0. The molecule has 0 unspecified atom stereocenters. The average molecular weight is 451 g/mol. The topological polar surface area (TPSA) is 49.4 Å². The first-order valence-electron chi connectivity index (χ1n) is 10.2. The van der Waals surface area contributed by atoms with E-state index < -0.39 is 5.38 Å². The number of benzene rings is 3. The lowest BCUT2D eigenvalue weighted by molar-refractivity contribution is -0.116. The van der Waals surface area contributed by atoms with E-state index in [0.29, 0.717) is 11.4 Å². The first-order valence-corrected chi connectivity index (χ1v) is 11.7. The summed E-state index contributed by atoms with van der Waals surface area (Å²) in [5, 5.41) is 2.02. The molecular formula is C25H23ClN2O2S. The largest absolute Gasteiger partial charge is 0.325 e. The summed E-state index contributed by atoms with van der Waals surface area (Å²) in [5.74, 6) is 0.280. The van der Waals surface area contributed by atoms with Crippen LogP contribution in [0.5, 0.6) is 0 Å². The summed E-state index contributed by atoms with van der Waals surface area (Å²) in [6, 6.07) is 25.0. The third-order valence-corrected chi connectivity index (χ3v) is 6.91. The van der Waals surface area contributed by atoms with Crippen molar-refractivity contribution in [2.45, 2.75) is 24.1 Å². The Balaban J connectivity index is 1.49. The fourth-order valence-corrected chi connectivity index (χ4v) is 4.96. The number of halogens is 1. The molecule has 0 saturated carbocycles. The predicted octanol–water partition coefficient (Wildman–Crippen LogP) is 5.95.